The Kier molecular flexibility index (Phi) is 4.69. The third-order valence-electron chi connectivity index (χ3n) is 6.76. The summed E-state index contributed by atoms with van der Waals surface area (Å²) in [7, 11) is 0. The summed E-state index contributed by atoms with van der Waals surface area (Å²) in [5.74, 6) is -0.999. The van der Waals surface area contributed by atoms with E-state index in [9.17, 15) is 19.7 Å². The van der Waals surface area contributed by atoms with Gasteiger partial charge in [0.15, 0.2) is 11.6 Å². The van der Waals surface area contributed by atoms with Crippen LogP contribution in [0.1, 0.15) is 64.9 Å². The molecular weight excluding hydrogens is 404 g/mol. The van der Waals surface area contributed by atoms with E-state index >= 15 is 0 Å². The van der Waals surface area contributed by atoms with E-state index in [4.69, 9.17) is 11.6 Å². The summed E-state index contributed by atoms with van der Waals surface area (Å²) in [5, 5.41) is 15.4. The largest absolute Gasteiger partial charge is 0.362 e. The van der Waals surface area contributed by atoms with Crippen molar-refractivity contribution in [3.63, 3.8) is 0 Å². The number of nitro groups is 1. The van der Waals surface area contributed by atoms with E-state index in [1.807, 2.05) is 27.7 Å². The second-order valence-corrected chi connectivity index (χ2v) is 10.1. The summed E-state index contributed by atoms with van der Waals surface area (Å²) in [4.78, 5) is 38.5. The first-order valence-corrected chi connectivity index (χ1v) is 10.6. The molecule has 6 nitrogen and oxygen atoms in total. The number of rotatable bonds is 2. The lowest BCUT2D eigenvalue weighted by Crippen LogP contribution is -2.44. The maximum atomic E-state index is 13.6. The van der Waals surface area contributed by atoms with Crippen LogP contribution in [-0.2, 0) is 9.59 Å². The molecule has 0 unspecified atom stereocenters. The third-order valence-corrected chi connectivity index (χ3v) is 7.09. The van der Waals surface area contributed by atoms with E-state index in [1.54, 1.807) is 6.07 Å². The number of hydrogen-bond acceptors (Lipinski definition) is 5. The van der Waals surface area contributed by atoms with Gasteiger partial charge in [0.05, 0.1) is 21.4 Å². The Hall–Kier alpha value is -2.47. The first kappa shape index (κ1) is 20.8. The quantitative estimate of drug-likeness (QED) is 0.515. The molecule has 2 aliphatic carbocycles. The molecule has 1 aromatic carbocycles. The number of allylic oxidation sites excluding steroid dienone is 4. The van der Waals surface area contributed by atoms with Gasteiger partial charge in [-0.3, -0.25) is 19.7 Å². The fourth-order valence-corrected chi connectivity index (χ4v) is 5.11. The average Bonchev–Trinajstić information content (AvgIpc) is 2.67. The van der Waals surface area contributed by atoms with Gasteiger partial charge in [0.1, 0.15) is 0 Å². The number of hydrogen-bond donors (Lipinski definition) is 1. The van der Waals surface area contributed by atoms with Crippen LogP contribution < -0.4 is 5.32 Å². The number of nitrogens with one attached hydrogen (secondary N) is 1. The van der Waals surface area contributed by atoms with Gasteiger partial charge >= 0.3 is 0 Å². The van der Waals surface area contributed by atoms with Crippen LogP contribution >= 0.6 is 11.6 Å². The predicted octanol–water partition coefficient (Wildman–Crippen LogP) is 5.22. The molecule has 0 bridgehead atoms. The topological polar surface area (TPSA) is 89.3 Å². The van der Waals surface area contributed by atoms with Gasteiger partial charge in [-0.05, 0) is 31.7 Å². The number of dihydropyridines is 1. The van der Waals surface area contributed by atoms with Gasteiger partial charge in [0.2, 0.25) is 0 Å². The van der Waals surface area contributed by atoms with Crippen molar-refractivity contribution in [2.45, 2.75) is 59.3 Å². The van der Waals surface area contributed by atoms with Gasteiger partial charge in [-0.2, -0.15) is 0 Å². The van der Waals surface area contributed by atoms with Crippen molar-refractivity contribution in [1.29, 1.82) is 0 Å². The normalized spacial score (nSPS) is 23.1. The maximum absolute atomic E-state index is 13.6. The molecule has 0 fully saturated rings. The molecule has 0 saturated heterocycles. The van der Waals surface area contributed by atoms with E-state index < -0.39 is 21.7 Å². The average molecular weight is 429 g/mol. The fourth-order valence-electron chi connectivity index (χ4n) is 4.83. The minimum atomic E-state index is -0.829. The Morgan fingerprint density at radius 1 is 1.00 bits per heavy atom. The highest BCUT2D eigenvalue weighted by atomic mass is 35.5. The molecular formula is C23H25ClN2O4. The van der Waals surface area contributed by atoms with Crippen molar-refractivity contribution >= 4 is 28.9 Å². The summed E-state index contributed by atoms with van der Waals surface area (Å²) < 4.78 is 0. The summed E-state index contributed by atoms with van der Waals surface area (Å²) in [5.41, 5.74) is 1.29. The summed E-state index contributed by atoms with van der Waals surface area (Å²) in [6.07, 6.45) is 2.66. The van der Waals surface area contributed by atoms with Gasteiger partial charge in [0.25, 0.3) is 5.69 Å². The van der Waals surface area contributed by atoms with Crippen LogP contribution in [0.25, 0.3) is 0 Å². The highest BCUT2D eigenvalue weighted by Gasteiger charge is 2.50. The number of carbonyl (C=O) groups excluding carboxylic acids is 2. The highest BCUT2D eigenvalue weighted by Crippen LogP contribution is 2.53. The van der Waals surface area contributed by atoms with Crippen molar-refractivity contribution in [3.05, 3.63) is 61.4 Å². The number of ketones is 2. The molecule has 1 heterocycles. The molecule has 158 valence electrons. The first-order valence-electron chi connectivity index (χ1n) is 10.2. The zero-order chi connectivity index (χ0) is 22.0. The number of halogens is 1. The van der Waals surface area contributed by atoms with Gasteiger partial charge in [-0.15, -0.1) is 0 Å². The van der Waals surface area contributed by atoms with Gasteiger partial charge in [0, 0.05) is 39.4 Å². The Morgan fingerprint density at radius 3 is 1.97 bits per heavy atom. The van der Waals surface area contributed by atoms with Crippen LogP contribution in [0.5, 0.6) is 0 Å². The monoisotopic (exact) mass is 428 g/mol. The Labute approximate surface area is 180 Å². The standard InChI is InChI=1S/C23H25ClN2O4/c1-22(2)10-8-13-17(20(22)27)19(16-12(24)6-5-7-15(16)26(29)30)18-14(25-13)9-11-23(3,4)21(18)28/h5-7,19,25H,8-11H2,1-4H3. The zero-order valence-electron chi connectivity index (χ0n) is 17.6. The highest BCUT2D eigenvalue weighted by molar-refractivity contribution is 6.32. The van der Waals surface area contributed by atoms with Crippen molar-refractivity contribution < 1.29 is 14.5 Å². The van der Waals surface area contributed by atoms with E-state index in [1.165, 1.54) is 12.1 Å². The molecule has 0 atom stereocenters. The summed E-state index contributed by atoms with van der Waals surface area (Å²) in [6, 6.07) is 4.50. The van der Waals surface area contributed by atoms with Crippen LogP contribution in [0.15, 0.2) is 40.7 Å². The third kappa shape index (κ3) is 3.00. The Balaban J connectivity index is 2.04. The smallest absolute Gasteiger partial charge is 0.275 e. The Morgan fingerprint density at radius 2 is 1.50 bits per heavy atom. The van der Waals surface area contributed by atoms with E-state index in [2.05, 4.69) is 5.32 Å². The summed E-state index contributed by atoms with van der Waals surface area (Å²) in [6.45, 7) is 7.53. The van der Waals surface area contributed by atoms with E-state index in [0.717, 1.165) is 11.4 Å². The minimum Gasteiger partial charge on any atom is -0.362 e. The molecule has 1 aliphatic heterocycles. The van der Waals surface area contributed by atoms with Crippen LogP contribution in [-0.4, -0.2) is 16.5 Å². The molecule has 0 amide bonds. The van der Waals surface area contributed by atoms with Crippen molar-refractivity contribution in [2.75, 3.05) is 0 Å². The molecule has 0 saturated carbocycles. The minimum absolute atomic E-state index is 0.0850. The molecule has 1 N–H and O–H groups in total. The lowest BCUT2D eigenvalue weighted by molar-refractivity contribution is -0.385. The number of nitro benzene ring substituents is 1. The van der Waals surface area contributed by atoms with Crippen LogP contribution in [0.4, 0.5) is 5.69 Å². The van der Waals surface area contributed by atoms with Gasteiger partial charge in [-0.25, -0.2) is 0 Å². The fraction of sp³-hybridized carbons (Fsp3) is 0.478. The van der Waals surface area contributed by atoms with E-state index in [-0.39, 0.29) is 27.8 Å². The number of nitrogens with zero attached hydrogens (tertiary/aromatic N) is 1. The van der Waals surface area contributed by atoms with Crippen LogP contribution in [0.3, 0.4) is 0 Å². The zero-order valence-corrected chi connectivity index (χ0v) is 18.4. The predicted molar refractivity (Wildman–Crippen MR) is 114 cm³/mol. The molecule has 7 heteroatoms. The first-order chi connectivity index (χ1) is 14.0. The molecule has 3 aliphatic rings. The lowest BCUT2D eigenvalue weighted by atomic mass is 9.62. The maximum Gasteiger partial charge on any atom is 0.275 e. The van der Waals surface area contributed by atoms with Crippen molar-refractivity contribution in [1.82, 2.24) is 5.32 Å². The number of Topliss-reactive ketones (excluding diaryl/α,β-unsaturated/α-hetero) is 2. The van der Waals surface area contributed by atoms with E-state index in [0.29, 0.717) is 36.8 Å². The SMILES string of the molecule is CC1(C)CCC2=C(C1=O)C(c1c(Cl)cccc1[N+](=O)[O-])C1=C(CCC(C)(C)C1=O)N2. The van der Waals surface area contributed by atoms with Crippen molar-refractivity contribution in [3.8, 4) is 0 Å². The van der Waals surface area contributed by atoms with Gasteiger partial charge < -0.3 is 5.32 Å². The molecule has 0 aromatic heterocycles. The summed E-state index contributed by atoms with van der Waals surface area (Å²) >= 11 is 6.51. The van der Waals surface area contributed by atoms with Gasteiger partial charge in [-0.1, -0.05) is 45.4 Å². The molecule has 0 radical (unpaired) electrons. The molecule has 30 heavy (non-hydrogen) atoms. The molecule has 1 aromatic rings. The second kappa shape index (κ2) is 6.77. The Bertz CT molecular complexity index is 1010. The molecule has 4 rings (SSSR count). The number of benzene rings is 1. The lowest BCUT2D eigenvalue weighted by Gasteiger charge is -2.43. The second-order valence-electron chi connectivity index (χ2n) is 9.70. The van der Waals surface area contributed by atoms with Crippen LogP contribution in [0.2, 0.25) is 5.02 Å². The van der Waals surface area contributed by atoms with Crippen molar-refractivity contribution in [2.24, 2.45) is 10.8 Å². The molecule has 0 spiro atoms. The number of carbonyl (C=O) groups is 2. The van der Waals surface area contributed by atoms with Crippen LogP contribution in [0, 0.1) is 20.9 Å².